The fourth-order valence-corrected chi connectivity index (χ4v) is 3.78. The van der Waals surface area contributed by atoms with Gasteiger partial charge in [0.15, 0.2) is 17.3 Å². The monoisotopic (exact) mass is 481 g/mol. The van der Waals surface area contributed by atoms with Crippen LogP contribution in [0.1, 0.15) is 23.6 Å². The van der Waals surface area contributed by atoms with E-state index in [-0.39, 0.29) is 0 Å². The molecule has 170 valence electrons. The lowest BCUT2D eigenvalue weighted by molar-refractivity contribution is 0.269. The summed E-state index contributed by atoms with van der Waals surface area (Å²) in [7, 11) is 0. The van der Waals surface area contributed by atoms with Crippen LogP contribution in [0.5, 0.6) is 11.5 Å². The highest BCUT2D eigenvalue weighted by Gasteiger charge is 2.14. The zero-order chi connectivity index (χ0) is 23.2. The van der Waals surface area contributed by atoms with Crippen molar-refractivity contribution in [2.24, 2.45) is 0 Å². The van der Waals surface area contributed by atoms with E-state index in [1.54, 1.807) is 23.1 Å². The van der Waals surface area contributed by atoms with E-state index < -0.39 is 0 Å². The molecule has 0 atom stereocenters. The van der Waals surface area contributed by atoms with E-state index in [1.807, 2.05) is 37.3 Å². The summed E-state index contributed by atoms with van der Waals surface area (Å²) in [6, 6.07) is 15.6. The number of H-pyrrole nitrogens is 1. The third-order valence-electron chi connectivity index (χ3n) is 4.93. The molecular formula is C24H24ClN5O2S. The molecule has 0 amide bonds. The first-order valence-electron chi connectivity index (χ1n) is 10.5. The molecule has 4 aromatic rings. The van der Waals surface area contributed by atoms with Gasteiger partial charge in [0.25, 0.3) is 0 Å². The van der Waals surface area contributed by atoms with Crippen molar-refractivity contribution < 1.29 is 9.47 Å². The van der Waals surface area contributed by atoms with Crippen LogP contribution in [0, 0.1) is 11.7 Å². The fraction of sp³-hybridized carbons (Fsp3) is 0.208. The summed E-state index contributed by atoms with van der Waals surface area (Å²) in [5, 5.41) is 7.70. The number of halogens is 1. The normalized spacial score (nSPS) is 10.8. The summed E-state index contributed by atoms with van der Waals surface area (Å²) in [5.41, 5.74) is 7.27. The number of rotatable bonds is 9. The third-order valence-corrected chi connectivity index (χ3v) is 5.55. The van der Waals surface area contributed by atoms with Gasteiger partial charge in [0, 0.05) is 29.0 Å². The minimum absolute atomic E-state index is 0.406. The van der Waals surface area contributed by atoms with Gasteiger partial charge in [0.2, 0.25) is 4.77 Å². The van der Waals surface area contributed by atoms with Gasteiger partial charge in [0.1, 0.15) is 6.61 Å². The first-order valence-corrected chi connectivity index (χ1v) is 11.3. The second-order valence-electron chi connectivity index (χ2n) is 7.36. The lowest BCUT2D eigenvalue weighted by atomic mass is 10.1. The van der Waals surface area contributed by atoms with Gasteiger partial charge in [-0.2, -0.15) is 5.10 Å². The van der Waals surface area contributed by atoms with Crippen LogP contribution in [-0.4, -0.2) is 26.5 Å². The molecule has 0 aliphatic rings. The van der Waals surface area contributed by atoms with Gasteiger partial charge in [-0.1, -0.05) is 41.4 Å². The molecule has 9 heteroatoms. The maximum absolute atomic E-state index is 6.60. The van der Waals surface area contributed by atoms with Crippen LogP contribution in [0.25, 0.3) is 11.4 Å². The second kappa shape index (κ2) is 10.5. The quantitative estimate of drug-likeness (QED) is 0.299. The van der Waals surface area contributed by atoms with Crippen molar-refractivity contribution >= 4 is 23.8 Å². The molecule has 33 heavy (non-hydrogen) atoms. The molecule has 0 radical (unpaired) electrons. The Morgan fingerprint density at radius 3 is 2.64 bits per heavy atom. The Labute approximate surface area is 202 Å². The van der Waals surface area contributed by atoms with Crippen molar-refractivity contribution in [1.82, 2.24) is 19.9 Å². The molecule has 0 saturated carbocycles. The average Bonchev–Trinajstić information content (AvgIpc) is 3.19. The molecule has 4 rings (SSSR count). The van der Waals surface area contributed by atoms with E-state index in [0.717, 1.165) is 16.7 Å². The van der Waals surface area contributed by atoms with E-state index in [2.05, 4.69) is 39.7 Å². The van der Waals surface area contributed by atoms with Crippen molar-refractivity contribution in [1.29, 1.82) is 0 Å². The molecule has 0 unspecified atom stereocenters. The van der Waals surface area contributed by atoms with Crippen molar-refractivity contribution in [3.8, 4) is 22.9 Å². The number of aromatic amines is 1. The number of nitrogens with one attached hydrogen (secondary N) is 2. The van der Waals surface area contributed by atoms with E-state index in [9.17, 15) is 0 Å². The predicted molar refractivity (Wildman–Crippen MR) is 132 cm³/mol. The van der Waals surface area contributed by atoms with Gasteiger partial charge in [-0.05, 0) is 55.4 Å². The van der Waals surface area contributed by atoms with Gasteiger partial charge in [-0.25, -0.2) is 9.77 Å². The maximum atomic E-state index is 6.60. The molecular weight excluding hydrogens is 458 g/mol. The lowest BCUT2D eigenvalue weighted by Crippen LogP contribution is -2.16. The summed E-state index contributed by atoms with van der Waals surface area (Å²) in [5.74, 6) is 1.89. The highest BCUT2D eigenvalue weighted by atomic mass is 35.5. The number of aromatic nitrogens is 4. The smallest absolute Gasteiger partial charge is 0.214 e. The highest BCUT2D eigenvalue weighted by molar-refractivity contribution is 7.71. The zero-order valence-corrected chi connectivity index (χ0v) is 19.9. The Hall–Kier alpha value is -3.36. The van der Waals surface area contributed by atoms with E-state index in [4.69, 9.17) is 33.3 Å². The summed E-state index contributed by atoms with van der Waals surface area (Å²) in [6.07, 6.45) is 3.41. The lowest BCUT2D eigenvalue weighted by Gasteiger charge is -2.16. The van der Waals surface area contributed by atoms with Crippen LogP contribution in [0.2, 0.25) is 5.02 Å². The minimum Gasteiger partial charge on any atom is -0.490 e. The van der Waals surface area contributed by atoms with Crippen LogP contribution in [0.15, 0.2) is 60.9 Å². The molecule has 2 aromatic heterocycles. The highest BCUT2D eigenvalue weighted by Crippen LogP contribution is 2.34. The average molecular weight is 482 g/mol. The van der Waals surface area contributed by atoms with Gasteiger partial charge in [0.05, 0.1) is 13.2 Å². The van der Waals surface area contributed by atoms with Crippen molar-refractivity contribution in [2.75, 3.05) is 12.0 Å². The topological polar surface area (TPSA) is 77.0 Å². The second-order valence-corrected chi connectivity index (χ2v) is 8.15. The maximum Gasteiger partial charge on any atom is 0.214 e. The van der Waals surface area contributed by atoms with Gasteiger partial charge < -0.3 is 14.9 Å². The van der Waals surface area contributed by atoms with Crippen molar-refractivity contribution in [3.63, 3.8) is 0 Å². The molecule has 0 aliphatic carbocycles. The Morgan fingerprint density at radius 2 is 1.88 bits per heavy atom. The number of benzene rings is 2. The van der Waals surface area contributed by atoms with E-state index in [1.165, 1.54) is 5.56 Å². The first-order chi connectivity index (χ1) is 16.0. The Bertz CT molecular complexity index is 1290. The first kappa shape index (κ1) is 22.8. The van der Waals surface area contributed by atoms with Gasteiger partial charge >= 0.3 is 0 Å². The van der Waals surface area contributed by atoms with Gasteiger partial charge in [-0.3, -0.25) is 4.98 Å². The Kier molecular flexibility index (Phi) is 7.26. The van der Waals surface area contributed by atoms with Crippen LogP contribution < -0.4 is 14.9 Å². The minimum atomic E-state index is 0.406. The molecule has 0 saturated heterocycles. The Morgan fingerprint density at radius 1 is 1.09 bits per heavy atom. The number of hydrogen-bond donors (Lipinski definition) is 2. The van der Waals surface area contributed by atoms with Crippen molar-refractivity contribution in [2.45, 2.75) is 27.0 Å². The summed E-state index contributed by atoms with van der Waals surface area (Å²) in [4.78, 5) is 4.05. The number of hydrogen-bond acceptors (Lipinski definition) is 6. The molecule has 7 nitrogen and oxygen atoms in total. The molecule has 0 aliphatic heterocycles. The molecule has 0 bridgehead atoms. The number of aryl methyl sites for hydroxylation is 1. The largest absolute Gasteiger partial charge is 0.490 e. The number of pyridine rings is 1. The van der Waals surface area contributed by atoms with Crippen molar-refractivity contribution in [3.05, 3.63) is 87.4 Å². The third kappa shape index (κ3) is 5.53. The van der Waals surface area contributed by atoms with Crippen LogP contribution in [-0.2, 0) is 13.2 Å². The van der Waals surface area contributed by atoms with Crippen LogP contribution in [0.3, 0.4) is 0 Å². The molecule has 0 fully saturated rings. The van der Waals surface area contributed by atoms with E-state index >= 15 is 0 Å². The van der Waals surface area contributed by atoms with Gasteiger partial charge in [-0.15, -0.1) is 0 Å². The molecule has 2 heterocycles. The standard InChI is InChI=1S/C24H24ClN5O2S/c1-3-31-21-12-19(20(25)13-22(21)32-15-17-6-4-5-16(2)11-17)14-27-30-23(28-29-24(30)33)18-7-9-26-10-8-18/h4-13,27H,3,14-15H2,1-2H3,(H,29,33). The summed E-state index contributed by atoms with van der Waals surface area (Å²) < 4.78 is 14.0. The zero-order valence-electron chi connectivity index (χ0n) is 18.3. The molecule has 2 N–H and O–H groups in total. The SMILES string of the molecule is CCOc1cc(CNn2c(-c3ccncc3)n[nH]c2=S)c(Cl)cc1OCc1cccc(C)c1. The number of nitrogens with zero attached hydrogens (tertiary/aromatic N) is 3. The number of ether oxygens (including phenoxy) is 2. The summed E-state index contributed by atoms with van der Waals surface area (Å²) in [6.45, 7) is 5.33. The van der Waals surface area contributed by atoms with Crippen LogP contribution in [0.4, 0.5) is 0 Å². The summed E-state index contributed by atoms with van der Waals surface area (Å²) >= 11 is 12.0. The van der Waals surface area contributed by atoms with E-state index in [0.29, 0.717) is 46.9 Å². The Balaban J connectivity index is 1.54. The fourth-order valence-electron chi connectivity index (χ4n) is 3.36. The van der Waals surface area contributed by atoms with Crippen LogP contribution >= 0.6 is 23.8 Å². The molecule has 2 aromatic carbocycles. The predicted octanol–water partition coefficient (Wildman–Crippen LogP) is 5.69. The molecule has 0 spiro atoms.